The van der Waals surface area contributed by atoms with Crippen LogP contribution >= 0.6 is 0 Å². The molecule has 0 spiro atoms. The lowest BCUT2D eigenvalue weighted by molar-refractivity contribution is -0.142. The molecule has 2 aliphatic carbocycles. The summed E-state index contributed by atoms with van der Waals surface area (Å²) in [5.41, 5.74) is 0.656. The Bertz CT molecular complexity index is 494. The fraction of sp³-hybridized carbons (Fsp3) is 0.467. The molecular formula is C15H16O3. The number of aliphatic carboxylic acids is 1. The lowest BCUT2D eigenvalue weighted by atomic mass is 9.90. The van der Waals surface area contributed by atoms with Gasteiger partial charge in [0.15, 0.2) is 0 Å². The monoisotopic (exact) mass is 244 g/mol. The Labute approximate surface area is 106 Å². The normalized spacial score (nSPS) is 33.2. The van der Waals surface area contributed by atoms with Crippen molar-refractivity contribution in [1.82, 2.24) is 0 Å². The number of rotatable bonds is 4. The van der Waals surface area contributed by atoms with E-state index in [-0.39, 0.29) is 11.7 Å². The van der Waals surface area contributed by atoms with Crippen molar-refractivity contribution in [2.24, 2.45) is 17.3 Å². The second-order valence-corrected chi connectivity index (χ2v) is 5.41. The van der Waals surface area contributed by atoms with Gasteiger partial charge in [0.1, 0.15) is 5.78 Å². The van der Waals surface area contributed by atoms with Crippen LogP contribution in [0.4, 0.5) is 0 Å². The second kappa shape index (κ2) is 3.94. The summed E-state index contributed by atoms with van der Waals surface area (Å²) in [6.45, 7) is 0. The van der Waals surface area contributed by atoms with E-state index in [1.54, 1.807) is 0 Å². The molecule has 18 heavy (non-hydrogen) atoms. The van der Waals surface area contributed by atoms with Gasteiger partial charge < -0.3 is 5.11 Å². The van der Waals surface area contributed by atoms with Gasteiger partial charge in [-0.3, -0.25) is 9.59 Å². The highest BCUT2D eigenvalue weighted by molar-refractivity contribution is 5.98. The number of aryl methyl sites for hydroxylation is 1. The van der Waals surface area contributed by atoms with Crippen LogP contribution in [0.5, 0.6) is 0 Å². The van der Waals surface area contributed by atoms with Gasteiger partial charge in [-0.1, -0.05) is 30.3 Å². The third-order valence-corrected chi connectivity index (χ3v) is 4.65. The molecule has 0 bridgehead atoms. The van der Waals surface area contributed by atoms with Crippen molar-refractivity contribution in [3.8, 4) is 0 Å². The number of Topliss-reactive ketones (excluding diaryl/α,β-unsaturated/α-hetero) is 1. The predicted octanol–water partition coefficient (Wildman–Crippen LogP) is 2.30. The number of fused-ring (bicyclic) bond motifs is 1. The third-order valence-electron chi connectivity index (χ3n) is 4.65. The SMILES string of the molecule is O=C(O)[C@@H]1[C@@H]2CCC(=O)[C@@]12CCc1ccccc1. The van der Waals surface area contributed by atoms with Crippen molar-refractivity contribution < 1.29 is 14.7 Å². The van der Waals surface area contributed by atoms with Crippen LogP contribution < -0.4 is 0 Å². The first-order valence-electron chi connectivity index (χ1n) is 6.46. The highest BCUT2D eigenvalue weighted by Gasteiger charge is 2.74. The highest BCUT2D eigenvalue weighted by Crippen LogP contribution is 2.68. The Hall–Kier alpha value is -1.64. The van der Waals surface area contributed by atoms with Crippen molar-refractivity contribution in [2.45, 2.75) is 25.7 Å². The van der Waals surface area contributed by atoms with Gasteiger partial charge in [0, 0.05) is 11.8 Å². The largest absolute Gasteiger partial charge is 0.481 e. The Kier molecular flexibility index (Phi) is 2.51. The summed E-state index contributed by atoms with van der Waals surface area (Å²) in [5.74, 6) is -0.925. The van der Waals surface area contributed by atoms with Crippen LogP contribution in [0.15, 0.2) is 30.3 Å². The summed E-state index contributed by atoms with van der Waals surface area (Å²) in [6.07, 6.45) is 2.83. The van der Waals surface area contributed by atoms with Gasteiger partial charge in [-0.15, -0.1) is 0 Å². The lowest BCUT2D eigenvalue weighted by Crippen LogP contribution is -2.20. The first-order valence-corrected chi connectivity index (χ1v) is 6.46. The number of carbonyl (C=O) groups is 2. The number of hydrogen-bond donors (Lipinski definition) is 1. The zero-order valence-corrected chi connectivity index (χ0v) is 10.1. The minimum atomic E-state index is -0.791. The minimum absolute atomic E-state index is 0.103. The summed E-state index contributed by atoms with van der Waals surface area (Å²) in [5, 5.41) is 9.19. The summed E-state index contributed by atoms with van der Waals surface area (Å²) in [6, 6.07) is 9.97. The van der Waals surface area contributed by atoms with Crippen LogP contribution in [0.1, 0.15) is 24.8 Å². The lowest BCUT2D eigenvalue weighted by Gasteiger charge is -2.12. The molecule has 2 fully saturated rings. The smallest absolute Gasteiger partial charge is 0.307 e. The molecule has 0 unspecified atom stereocenters. The fourth-order valence-corrected chi connectivity index (χ4v) is 3.71. The van der Waals surface area contributed by atoms with Crippen molar-refractivity contribution in [2.75, 3.05) is 0 Å². The molecule has 0 saturated heterocycles. The van der Waals surface area contributed by atoms with Crippen LogP contribution in [-0.2, 0) is 16.0 Å². The Morgan fingerprint density at radius 3 is 2.67 bits per heavy atom. The average Bonchev–Trinajstić information content (AvgIpc) is 2.94. The highest BCUT2D eigenvalue weighted by atomic mass is 16.4. The van der Waals surface area contributed by atoms with Gasteiger partial charge >= 0.3 is 5.97 Å². The van der Waals surface area contributed by atoms with Crippen LogP contribution in [0, 0.1) is 17.3 Å². The van der Waals surface area contributed by atoms with Crippen LogP contribution in [0.25, 0.3) is 0 Å². The van der Waals surface area contributed by atoms with E-state index in [0.29, 0.717) is 12.8 Å². The predicted molar refractivity (Wildman–Crippen MR) is 66.1 cm³/mol. The maximum absolute atomic E-state index is 12.0. The molecule has 0 aliphatic heterocycles. The first-order chi connectivity index (χ1) is 8.66. The Morgan fingerprint density at radius 1 is 1.33 bits per heavy atom. The Morgan fingerprint density at radius 2 is 2.06 bits per heavy atom. The number of carbonyl (C=O) groups excluding carboxylic acids is 1. The van der Waals surface area contributed by atoms with Crippen molar-refractivity contribution in [3.63, 3.8) is 0 Å². The molecule has 1 aromatic carbocycles. The van der Waals surface area contributed by atoms with E-state index in [4.69, 9.17) is 0 Å². The molecule has 94 valence electrons. The third kappa shape index (κ3) is 1.50. The number of carboxylic acid groups (broad SMARTS) is 1. The zero-order chi connectivity index (χ0) is 12.8. The maximum Gasteiger partial charge on any atom is 0.307 e. The van der Waals surface area contributed by atoms with Gasteiger partial charge in [-0.05, 0) is 30.7 Å². The van der Waals surface area contributed by atoms with Gasteiger partial charge in [0.05, 0.1) is 5.92 Å². The summed E-state index contributed by atoms with van der Waals surface area (Å²) >= 11 is 0. The molecule has 0 aromatic heterocycles. The van der Waals surface area contributed by atoms with E-state index in [1.807, 2.05) is 30.3 Å². The summed E-state index contributed by atoms with van der Waals surface area (Å²) < 4.78 is 0. The summed E-state index contributed by atoms with van der Waals surface area (Å²) in [4.78, 5) is 23.2. The molecule has 3 heteroatoms. The zero-order valence-electron chi connectivity index (χ0n) is 10.1. The van der Waals surface area contributed by atoms with Crippen LogP contribution in [0.3, 0.4) is 0 Å². The van der Waals surface area contributed by atoms with E-state index in [0.717, 1.165) is 12.8 Å². The molecule has 3 nitrogen and oxygen atoms in total. The van der Waals surface area contributed by atoms with Gasteiger partial charge in [0.25, 0.3) is 0 Å². The number of benzene rings is 1. The molecule has 2 aliphatic rings. The molecule has 3 rings (SSSR count). The van der Waals surface area contributed by atoms with E-state index in [2.05, 4.69) is 0 Å². The van der Waals surface area contributed by atoms with Crippen LogP contribution in [-0.4, -0.2) is 16.9 Å². The van der Waals surface area contributed by atoms with E-state index >= 15 is 0 Å². The topological polar surface area (TPSA) is 54.4 Å². The number of carboxylic acids is 1. The van der Waals surface area contributed by atoms with Gasteiger partial charge in [0.2, 0.25) is 0 Å². The first kappa shape index (κ1) is 11.5. The molecule has 3 atom stereocenters. The minimum Gasteiger partial charge on any atom is -0.481 e. The molecule has 1 N–H and O–H groups in total. The molecule has 0 amide bonds. The van der Waals surface area contributed by atoms with E-state index < -0.39 is 17.3 Å². The average molecular weight is 244 g/mol. The standard InChI is InChI=1S/C15H16O3/c16-12-7-6-11-13(14(17)18)15(11,12)9-8-10-4-2-1-3-5-10/h1-5,11,13H,6-9H2,(H,17,18)/t11-,13-,15-/m0/s1. The number of ketones is 1. The van der Waals surface area contributed by atoms with Gasteiger partial charge in [-0.25, -0.2) is 0 Å². The van der Waals surface area contributed by atoms with Crippen molar-refractivity contribution in [1.29, 1.82) is 0 Å². The number of hydrogen-bond acceptors (Lipinski definition) is 2. The second-order valence-electron chi connectivity index (χ2n) is 5.41. The van der Waals surface area contributed by atoms with E-state index in [9.17, 15) is 14.7 Å². The maximum atomic E-state index is 12.0. The fourth-order valence-electron chi connectivity index (χ4n) is 3.71. The molecule has 0 heterocycles. The molecular weight excluding hydrogens is 228 g/mol. The quantitative estimate of drug-likeness (QED) is 0.884. The molecule has 1 aromatic rings. The van der Waals surface area contributed by atoms with Crippen LogP contribution in [0.2, 0.25) is 0 Å². The van der Waals surface area contributed by atoms with Gasteiger partial charge in [-0.2, -0.15) is 0 Å². The van der Waals surface area contributed by atoms with E-state index in [1.165, 1.54) is 5.56 Å². The van der Waals surface area contributed by atoms with Crippen molar-refractivity contribution >= 4 is 11.8 Å². The molecule has 0 radical (unpaired) electrons. The Balaban J connectivity index is 1.75. The summed E-state index contributed by atoms with van der Waals surface area (Å²) in [7, 11) is 0. The van der Waals surface area contributed by atoms with Crippen molar-refractivity contribution in [3.05, 3.63) is 35.9 Å². The molecule has 2 saturated carbocycles.